The summed E-state index contributed by atoms with van der Waals surface area (Å²) in [6.07, 6.45) is 5.73. The monoisotopic (exact) mass is 236 g/mol. The van der Waals surface area contributed by atoms with Gasteiger partial charge in [0.25, 0.3) is 0 Å². The predicted molar refractivity (Wildman–Crippen MR) is 70.6 cm³/mol. The summed E-state index contributed by atoms with van der Waals surface area (Å²) >= 11 is 0. The minimum atomic E-state index is 0.284. The van der Waals surface area contributed by atoms with E-state index in [4.69, 9.17) is 5.11 Å². The molecule has 3 nitrogen and oxygen atoms in total. The summed E-state index contributed by atoms with van der Waals surface area (Å²) in [5.74, 6) is 1.25. The van der Waals surface area contributed by atoms with Crippen LogP contribution >= 0.6 is 0 Å². The molecule has 96 valence electrons. The normalized spacial score (nSPS) is 12.9. The Hall–Kier alpha value is -0.930. The summed E-state index contributed by atoms with van der Waals surface area (Å²) in [6.45, 7) is 6.56. The molecule has 0 bridgehead atoms. The first-order chi connectivity index (χ1) is 8.22. The van der Waals surface area contributed by atoms with E-state index in [1.54, 1.807) is 6.20 Å². The SMILES string of the molecule is CC(C)CC(CCO)CNCc1cccnc1. The highest BCUT2D eigenvalue weighted by Crippen LogP contribution is 2.14. The molecular weight excluding hydrogens is 212 g/mol. The lowest BCUT2D eigenvalue weighted by molar-refractivity contribution is 0.239. The van der Waals surface area contributed by atoms with Gasteiger partial charge in [-0.25, -0.2) is 0 Å². The van der Waals surface area contributed by atoms with Crippen molar-refractivity contribution in [3.05, 3.63) is 30.1 Å². The van der Waals surface area contributed by atoms with Gasteiger partial charge >= 0.3 is 0 Å². The van der Waals surface area contributed by atoms with Gasteiger partial charge in [-0.1, -0.05) is 19.9 Å². The number of aromatic nitrogens is 1. The molecule has 0 aliphatic rings. The molecule has 17 heavy (non-hydrogen) atoms. The number of aliphatic hydroxyl groups is 1. The van der Waals surface area contributed by atoms with Gasteiger partial charge in [0.05, 0.1) is 0 Å². The zero-order chi connectivity index (χ0) is 12.5. The maximum absolute atomic E-state index is 9.03. The summed E-state index contributed by atoms with van der Waals surface area (Å²) in [4.78, 5) is 4.09. The van der Waals surface area contributed by atoms with Gasteiger partial charge in [0.2, 0.25) is 0 Å². The molecule has 0 aromatic carbocycles. The Balaban J connectivity index is 2.26. The third kappa shape index (κ3) is 6.39. The summed E-state index contributed by atoms with van der Waals surface area (Å²) in [5.41, 5.74) is 1.21. The average molecular weight is 236 g/mol. The third-order valence-electron chi connectivity index (χ3n) is 2.83. The second-order valence-electron chi connectivity index (χ2n) is 5.00. The van der Waals surface area contributed by atoms with Gasteiger partial charge in [-0.05, 0) is 42.9 Å². The topological polar surface area (TPSA) is 45.1 Å². The van der Waals surface area contributed by atoms with Crippen LogP contribution in [0.3, 0.4) is 0 Å². The van der Waals surface area contributed by atoms with Crippen molar-refractivity contribution in [1.82, 2.24) is 10.3 Å². The van der Waals surface area contributed by atoms with Gasteiger partial charge in [-0.2, -0.15) is 0 Å². The molecule has 0 fully saturated rings. The van der Waals surface area contributed by atoms with Crippen LogP contribution in [0.5, 0.6) is 0 Å². The maximum atomic E-state index is 9.03. The van der Waals surface area contributed by atoms with Crippen LogP contribution in [-0.4, -0.2) is 23.2 Å². The lowest BCUT2D eigenvalue weighted by Gasteiger charge is -2.18. The van der Waals surface area contributed by atoms with E-state index in [0.29, 0.717) is 11.8 Å². The number of hydrogen-bond acceptors (Lipinski definition) is 3. The number of rotatable bonds is 8. The van der Waals surface area contributed by atoms with Crippen LogP contribution < -0.4 is 5.32 Å². The van der Waals surface area contributed by atoms with Crippen molar-refractivity contribution >= 4 is 0 Å². The number of nitrogens with zero attached hydrogens (tertiary/aromatic N) is 1. The quantitative estimate of drug-likeness (QED) is 0.727. The van der Waals surface area contributed by atoms with Gasteiger partial charge in [0.15, 0.2) is 0 Å². The Kier molecular flexibility index (Phi) is 6.82. The first-order valence-electron chi connectivity index (χ1n) is 6.42. The highest BCUT2D eigenvalue weighted by atomic mass is 16.3. The Morgan fingerprint density at radius 2 is 2.24 bits per heavy atom. The molecule has 0 aliphatic heterocycles. The van der Waals surface area contributed by atoms with Crippen LogP contribution in [0.4, 0.5) is 0 Å². The number of hydrogen-bond donors (Lipinski definition) is 2. The van der Waals surface area contributed by atoms with Crippen molar-refractivity contribution in [1.29, 1.82) is 0 Å². The second kappa shape index (κ2) is 8.20. The van der Waals surface area contributed by atoms with Crippen molar-refractivity contribution in [3.63, 3.8) is 0 Å². The highest BCUT2D eigenvalue weighted by molar-refractivity contribution is 5.07. The Morgan fingerprint density at radius 3 is 2.82 bits per heavy atom. The van der Waals surface area contributed by atoms with Crippen LogP contribution in [0, 0.1) is 11.8 Å². The third-order valence-corrected chi connectivity index (χ3v) is 2.83. The van der Waals surface area contributed by atoms with Crippen molar-refractivity contribution in [2.45, 2.75) is 33.2 Å². The average Bonchev–Trinajstić information content (AvgIpc) is 2.30. The van der Waals surface area contributed by atoms with Crippen LogP contribution in [0.15, 0.2) is 24.5 Å². The zero-order valence-electron chi connectivity index (χ0n) is 10.9. The summed E-state index contributed by atoms with van der Waals surface area (Å²) in [5, 5.41) is 12.5. The van der Waals surface area contributed by atoms with Crippen LogP contribution in [0.25, 0.3) is 0 Å². The molecule has 0 amide bonds. The van der Waals surface area contributed by atoms with E-state index in [2.05, 4.69) is 30.2 Å². The second-order valence-corrected chi connectivity index (χ2v) is 5.00. The summed E-state index contributed by atoms with van der Waals surface area (Å²) < 4.78 is 0. The van der Waals surface area contributed by atoms with E-state index in [0.717, 1.165) is 19.5 Å². The maximum Gasteiger partial charge on any atom is 0.0434 e. The molecule has 1 heterocycles. The smallest absolute Gasteiger partial charge is 0.0434 e. The largest absolute Gasteiger partial charge is 0.396 e. The molecule has 0 spiro atoms. The standard InChI is InChI=1S/C14H24N2O/c1-12(2)8-13(5-7-17)9-16-11-14-4-3-6-15-10-14/h3-4,6,10,12-13,16-17H,5,7-9,11H2,1-2H3. The van der Waals surface area contributed by atoms with Crippen molar-refractivity contribution in [3.8, 4) is 0 Å². The molecule has 2 N–H and O–H groups in total. The van der Waals surface area contributed by atoms with Gasteiger partial charge in [0, 0.05) is 25.5 Å². The fourth-order valence-corrected chi connectivity index (χ4v) is 2.08. The fourth-order valence-electron chi connectivity index (χ4n) is 2.08. The molecule has 1 aromatic rings. The van der Waals surface area contributed by atoms with E-state index in [1.165, 1.54) is 12.0 Å². The van der Waals surface area contributed by atoms with Gasteiger partial charge in [-0.15, -0.1) is 0 Å². The minimum absolute atomic E-state index is 0.284. The van der Waals surface area contributed by atoms with Gasteiger partial charge in [0.1, 0.15) is 0 Å². The predicted octanol–water partition coefficient (Wildman–Crippen LogP) is 2.22. The molecule has 1 atom stereocenters. The van der Waals surface area contributed by atoms with Crippen LogP contribution in [0.1, 0.15) is 32.3 Å². The molecule has 0 radical (unpaired) electrons. The summed E-state index contributed by atoms with van der Waals surface area (Å²) in [7, 11) is 0. The van der Waals surface area contributed by atoms with E-state index < -0.39 is 0 Å². The lowest BCUT2D eigenvalue weighted by atomic mass is 9.94. The number of pyridine rings is 1. The molecule has 1 rings (SSSR count). The van der Waals surface area contributed by atoms with Crippen molar-refractivity contribution in [2.75, 3.05) is 13.2 Å². The molecule has 0 saturated carbocycles. The summed E-state index contributed by atoms with van der Waals surface area (Å²) in [6, 6.07) is 4.03. The van der Waals surface area contributed by atoms with E-state index in [1.807, 2.05) is 12.3 Å². The Bertz CT molecular complexity index is 288. The van der Waals surface area contributed by atoms with Crippen LogP contribution in [0.2, 0.25) is 0 Å². The lowest BCUT2D eigenvalue weighted by Crippen LogP contribution is -2.24. The van der Waals surface area contributed by atoms with Gasteiger partial charge in [-0.3, -0.25) is 4.98 Å². The molecule has 0 aliphatic carbocycles. The van der Waals surface area contributed by atoms with E-state index in [9.17, 15) is 0 Å². The molecule has 3 heteroatoms. The molecular formula is C14H24N2O. The molecule has 1 aromatic heterocycles. The molecule has 1 unspecified atom stereocenters. The Morgan fingerprint density at radius 1 is 1.41 bits per heavy atom. The fraction of sp³-hybridized carbons (Fsp3) is 0.643. The minimum Gasteiger partial charge on any atom is -0.396 e. The van der Waals surface area contributed by atoms with E-state index in [-0.39, 0.29) is 6.61 Å². The number of nitrogens with one attached hydrogen (secondary N) is 1. The molecule has 0 saturated heterocycles. The Labute approximate surface area is 104 Å². The first kappa shape index (κ1) is 14.1. The highest BCUT2D eigenvalue weighted by Gasteiger charge is 2.09. The van der Waals surface area contributed by atoms with Crippen LogP contribution in [-0.2, 0) is 6.54 Å². The van der Waals surface area contributed by atoms with E-state index >= 15 is 0 Å². The number of aliphatic hydroxyl groups excluding tert-OH is 1. The van der Waals surface area contributed by atoms with Crippen molar-refractivity contribution in [2.24, 2.45) is 11.8 Å². The first-order valence-corrected chi connectivity index (χ1v) is 6.42. The van der Waals surface area contributed by atoms with Crippen molar-refractivity contribution < 1.29 is 5.11 Å². The van der Waals surface area contributed by atoms with Gasteiger partial charge < -0.3 is 10.4 Å². The zero-order valence-corrected chi connectivity index (χ0v) is 10.9.